The van der Waals surface area contributed by atoms with Crippen LogP contribution in [0.25, 0.3) is 83.9 Å². The molecule has 0 unspecified atom stereocenters. The Labute approximate surface area is 380 Å². The molecule has 2 aromatic heterocycles. The Balaban J connectivity index is 1.28. The largest absolute Gasteiger partial charge is 0.507 e. The fraction of sp³-hybridized carbons (Fsp3) is 0.172. The molecule has 4 heteroatoms. The van der Waals surface area contributed by atoms with Gasteiger partial charge < -0.3 is 5.11 Å². The van der Waals surface area contributed by atoms with E-state index in [1.54, 1.807) is 42.5 Å². The maximum atomic E-state index is 11.5. The maximum Gasteiger partial charge on any atom is 0.149 e. The highest BCUT2D eigenvalue weighted by molar-refractivity contribution is 5.97. The summed E-state index contributed by atoms with van der Waals surface area (Å²) >= 11 is 0. The molecule has 9 rings (SSSR count). The van der Waals surface area contributed by atoms with Gasteiger partial charge in [-0.25, -0.2) is 4.98 Å². The van der Waals surface area contributed by atoms with Crippen molar-refractivity contribution in [2.45, 2.75) is 66.1 Å². The quantitative estimate of drug-likeness (QED) is 0.174. The van der Waals surface area contributed by atoms with Crippen LogP contribution in [0.3, 0.4) is 0 Å². The monoisotopic (exact) mass is 817 g/mol. The first kappa shape index (κ1) is 30.1. The van der Waals surface area contributed by atoms with Gasteiger partial charge in [0.2, 0.25) is 0 Å². The molecule has 1 N–H and O–H groups in total. The average molecular weight is 818 g/mol. The lowest BCUT2D eigenvalue weighted by molar-refractivity contribution is 0.477. The number of hydrogen-bond acceptors (Lipinski definition) is 3. The molecule has 0 aliphatic carbocycles. The second-order valence-electron chi connectivity index (χ2n) is 17.8. The van der Waals surface area contributed by atoms with Crippen molar-refractivity contribution >= 4 is 11.0 Å². The molecular formula is C58H53N3O. The molecule has 2 heterocycles. The van der Waals surface area contributed by atoms with Crippen LogP contribution in [-0.2, 0) is 10.8 Å². The number of aromatic hydroxyl groups is 1. The first-order chi connectivity index (χ1) is 33.8. The number of phenolic OH excluding ortho intramolecular Hbond substituents is 1. The topological polar surface area (TPSA) is 50.9 Å². The lowest BCUT2D eigenvalue weighted by atomic mass is 9.78. The zero-order chi connectivity index (χ0) is 51.8. The third-order valence-corrected chi connectivity index (χ3v) is 11.4. The Morgan fingerprint density at radius 2 is 1.29 bits per heavy atom. The maximum absolute atomic E-state index is 11.5. The Morgan fingerprint density at radius 3 is 2.03 bits per heavy atom. The van der Waals surface area contributed by atoms with Gasteiger partial charge in [0.05, 0.1) is 33.5 Å². The third-order valence-electron chi connectivity index (χ3n) is 11.4. The Bertz CT molecular complexity index is 3550. The number of aryl methyl sites for hydroxylation is 1. The Morgan fingerprint density at radius 1 is 0.565 bits per heavy atom. The van der Waals surface area contributed by atoms with Crippen molar-refractivity contribution in [2.75, 3.05) is 0 Å². The third kappa shape index (κ3) is 7.62. The van der Waals surface area contributed by atoms with E-state index in [9.17, 15) is 5.11 Å². The number of fused-ring (bicyclic) bond motifs is 1. The summed E-state index contributed by atoms with van der Waals surface area (Å²) in [5.41, 5.74) is 9.29. The van der Waals surface area contributed by atoms with Crippen LogP contribution in [0.5, 0.6) is 5.75 Å². The molecule has 0 aliphatic heterocycles. The van der Waals surface area contributed by atoms with Crippen LogP contribution < -0.4 is 0 Å². The molecule has 7 aromatic carbocycles. The summed E-state index contributed by atoms with van der Waals surface area (Å²) in [6.07, 6.45) is 1.52. The molecule has 0 fully saturated rings. The highest BCUT2D eigenvalue weighted by Gasteiger charge is 2.25. The summed E-state index contributed by atoms with van der Waals surface area (Å²) in [5, 5.41) is 11.5. The zero-order valence-corrected chi connectivity index (χ0v) is 35.6. The number of imidazole rings is 1. The van der Waals surface area contributed by atoms with Crippen LogP contribution in [-0.4, -0.2) is 19.6 Å². The van der Waals surface area contributed by atoms with Crippen LogP contribution in [0.15, 0.2) is 170 Å². The van der Waals surface area contributed by atoms with Crippen LogP contribution in [0.4, 0.5) is 0 Å². The molecule has 0 amide bonds. The molecule has 306 valence electrons. The summed E-state index contributed by atoms with van der Waals surface area (Å²) < 4.78 is 87.5. The summed E-state index contributed by atoms with van der Waals surface area (Å²) in [6.45, 7) is 7.27. The minimum Gasteiger partial charge on any atom is -0.507 e. The van der Waals surface area contributed by atoms with Crippen molar-refractivity contribution in [1.82, 2.24) is 14.5 Å². The minimum atomic E-state index is -2.85. The van der Waals surface area contributed by atoms with Crippen LogP contribution >= 0.6 is 0 Å². The summed E-state index contributed by atoms with van der Waals surface area (Å²) in [4.78, 5) is 10.0. The fourth-order valence-electron chi connectivity index (χ4n) is 8.22. The van der Waals surface area contributed by atoms with Gasteiger partial charge in [0, 0.05) is 25.5 Å². The number of rotatable bonds is 7. The number of pyridine rings is 1. The van der Waals surface area contributed by atoms with Crippen LogP contribution in [0.2, 0.25) is 0 Å². The van der Waals surface area contributed by atoms with E-state index in [0.29, 0.717) is 50.5 Å². The molecule has 0 radical (unpaired) electrons. The van der Waals surface area contributed by atoms with E-state index in [1.807, 2.05) is 71.3 Å². The Hall–Kier alpha value is -7.04. The number of nitrogens with zero attached hydrogens (tertiary/aromatic N) is 3. The van der Waals surface area contributed by atoms with E-state index in [1.165, 1.54) is 6.20 Å². The van der Waals surface area contributed by atoms with Gasteiger partial charge in [-0.05, 0) is 135 Å². The number of benzene rings is 7. The lowest BCUT2D eigenvalue weighted by Crippen LogP contribution is -2.13. The number of hydrogen-bond donors (Lipinski definition) is 1. The predicted octanol–water partition coefficient (Wildman–Crippen LogP) is 15.3. The number of para-hydroxylation sites is 2. The van der Waals surface area contributed by atoms with Gasteiger partial charge in [0.15, 0.2) is 0 Å². The summed E-state index contributed by atoms with van der Waals surface area (Å²) in [7, 11) is 0. The minimum absolute atomic E-state index is 0.0352. The molecular weight excluding hydrogens is 755 g/mol. The van der Waals surface area contributed by atoms with Crippen LogP contribution in [0, 0.1) is 13.7 Å². The average Bonchev–Trinajstić information content (AvgIpc) is 3.72. The van der Waals surface area contributed by atoms with E-state index in [0.717, 1.165) is 38.9 Å². The fourth-order valence-corrected chi connectivity index (χ4v) is 8.22. The van der Waals surface area contributed by atoms with E-state index in [2.05, 4.69) is 71.9 Å². The molecule has 0 atom stereocenters. The molecule has 4 nitrogen and oxygen atoms in total. The Kier molecular flexibility index (Phi) is 7.65. The van der Waals surface area contributed by atoms with Crippen LogP contribution in [0.1, 0.15) is 77.5 Å². The second-order valence-corrected chi connectivity index (χ2v) is 17.8. The van der Waals surface area contributed by atoms with E-state index >= 15 is 0 Å². The van der Waals surface area contributed by atoms with Crippen molar-refractivity contribution in [3.8, 4) is 78.6 Å². The van der Waals surface area contributed by atoms with Crippen molar-refractivity contribution in [1.29, 1.82) is 0 Å². The van der Waals surface area contributed by atoms with Crippen molar-refractivity contribution in [2.24, 2.45) is 0 Å². The molecule has 0 bridgehead atoms. The highest BCUT2D eigenvalue weighted by Crippen LogP contribution is 2.44. The van der Waals surface area contributed by atoms with Gasteiger partial charge in [0.1, 0.15) is 11.6 Å². The number of phenols is 1. The van der Waals surface area contributed by atoms with Gasteiger partial charge in [-0.3, -0.25) is 9.55 Å². The predicted molar refractivity (Wildman–Crippen MR) is 260 cm³/mol. The van der Waals surface area contributed by atoms with Crippen molar-refractivity contribution < 1.29 is 18.8 Å². The SMILES string of the molecule is [2H]c1c([2H])c(C([2H])([2H])[2H])c([2H])c([2H])c1-c1ccnc(-c2cc(-c3cccc4c3nc(-c3ccccc3O)n4-c3ccc(-c4c(-c5ccccc5)cccc4C(C)(C)C)cc3C([2H])([2H])[2H])cc(C(C)(C)C)c2)c1. The normalized spacial score (nSPS) is 14.7. The smallest absolute Gasteiger partial charge is 0.149 e. The highest BCUT2D eigenvalue weighted by atomic mass is 16.3. The molecule has 0 aliphatic rings. The molecule has 9 aromatic rings. The van der Waals surface area contributed by atoms with Gasteiger partial charge in [-0.2, -0.15) is 0 Å². The van der Waals surface area contributed by atoms with Gasteiger partial charge in [0.25, 0.3) is 0 Å². The summed E-state index contributed by atoms with van der Waals surface area (Å²) in [5.74, 6) is 0.298. The molecule has 62 heavy (non-hydrogen) atoms. The lowest BCUT2D eigenvalue weighted by Gasteiger charge is -2.26. The molecule has 0 saturated heterocycles. The second kappa shape index (κ2) is 15.8. The first-order valence-corrected chi connectivity index (χ1v) is 20.7. The summed E-state index contributed by atoms with van der Waals surface area (Å²) in [6, 6.07) is 41.6. The molecule has 0 spiro atoms. The molecule has 0 saturated carbocycles. The van der Waals surface area contributed by atoms with E-state index in [-0.39, 0.29) is 27.7 Å². The van der Waals surface area contributed by atoms with E-state index < -0.39 is 43.4 Å². The standard InChI is InChI=1S/C58H53N3O/c1-37-24-26-39(27-25-37)41-30-31-59-50(36-41)44-33-43(34-45(35-44)57(3,4)5)47-20-15-22-52-55(47)60-56(48-18-12-13-23-53(48)62)61(52)51-29-28-42(32-38(51)2)54-46(40-16-10-9-11-17-40)19-14-21-49(54)58(6,7)8/h9-36,62H,1-8H3/i1D3,2D3,24D,25D,26D,27D. The van der Waals surface area contributed by atoms with Gasteiger partial charge in [-0.15, -0.1) is 0 Å². The first-order valence-electron chi connectivity index (χ1n) is 25.7. The van der Waals surface area contributed by atoms with Gasteiger partial charge in [-0.1, -0.05) is 156 Å². The van der Waals surface area contributed by atoms with Crippen molar-refractivity contribution in [3.05, 3.63) is 192 Å². The zero-order valence-electron chi connectivity index (χ0n) is 45.6. The number of aromatic nitrogens is 3. The van der Waals surface area contributed by atoms with Gasteiger partial charge >= 0.3 is 0 Å². The van der Waals surface area contributed by atoms with Crippen molar-refractivity contribution in [3.63, 3.8) is 0 Å². The van der Waals surface area contributed by atoms with E-state index in [4.69, 9.17) is 23.7 Å².